The third-order valence-electron chi connectivity index (χ3n) is 2.34. The zero-order valence-corrected chi connectivity index (χ0v) is 8.74. The van der Waals surface area contributed by atoms with Crippen LogP contribution in [0.15, 0.2) is 0 Å². The molecule has 2 nitrogen and oxygen atoms in total. The molecular formula is C9H17NOSi. The Morgan fingerprint density at radius 2 is 2.25 bits per heavy atom. The average molecular weight is 183 g/mol. The number of hydrogen-bond donors (Lipinski definition) is 0. The van der Waals surface area contributed by atoms with Crippen LogP contribution >= 0.6 is 0 Å². The van der Waals surface area contributed by atoms with Crippen LogP contribution in [0.1, 0.15) is 32.1 Å². The van der Waals surface area contributed by atoms with E-state index in [1.54, 1.807) is 0 Å². The molecule has 1 aliphatic rings. The minimum atomic E-state index is -0.778. The van der Waals surface area contributed by atoms with Gasteiger partial charge in [-0.05, 0) is 24.9 Å². The monoisotopic (exact) mass is 183 g/mol. The summed E-state index contributed by atoms with van der Waals surface area (Å²) < 4.78 is 5.71. The van der Waals surface area contributed by atoms with Crippen molar-refractivity contribution in [2.75, 3.05) is 6.61 Å². The highest BCUT2D eigenvalue weighted by Gasteiger charge is 2.14. The highest BCUT2D eigenvalue weighted by Crippen LogP contribution is 2.16. The fourth-order valence-corrected chi connectivity index (χ4v) is 4.22. The molecule has 1 fully saturated rings. The zero-order chi connectivity index (χ0) is 8.65. The van der Waals surface area contributed by atoms with Crippen LogP contribution in [0.5, 0.6) is 0 Å². The Labute approximate surface area is 76.3 Å². The van der Waals surface area contributed by atoms with Gasteiger partial charge in [0.1, 0.15) is 0 Å². The van der Waals surface area contributed by atoms with E-state index in [1.807, 2.05) is 0 Å². The van der Waals surface area contributed by atoms with Crippen LogP contribution in [0, 0.1) is 11.3 Å². The molecule has 1 aliphatic heterocycles. The molecule has 1 heterocycles. The van der Waals surface area contributed by atoms with E-state index in [1.165, 1.54) is 31.4 Å². The molecule has 0 saturated carbocycles. The van der Waals surface area contributed by atoms with Gasteiger partial charge in [-0.2, -0.15) is 5.26 Å². The van der Waals surface area contributed by atoms with Crippen molar-refractivity contribution < 1.29 is 4.43 Å². The molecule has 12 heavy (non-hydrogen) atoms. The number of nitrogens with zero attached hydrogens (tertiary/aromatic N) is 1. The Bertz CT molecular complexity index is 149. The van der Waals surface area contributed by atoms with Crippen LogP contribution in [0.25, 0.3) is 0 Å². The summed E-state index contributed by atoms with van der Waals surface area (Å²) in [6.07, 6.45) is 5.66. The van der Waals surface area contributed by atoms with Crippen molar-refractivity contribution in [1.82, 2.24) is 0 Å². The quantitative estimate of drug-likeness (QED) is 0.494. The lowest BCUT2D eigenvalue weighted by Gasteiger charge is -2.20. The Morgan fingerprint density at radius 1 is 1.33 bits per heavy atom. The molecule has 0 N–H and O–H groups in total. The molecule has 0 aromatic carbocycles. The van der Waals surface area contributed by atoms with Crippen molar-refractivity contribution >= 4 is 9.04 Å². The van der Waals surface area contributed by atoms with Crippen LogP contribution in [0.3, 0.4) is 0 Å². The van der Waals surface area contributed by atoms with Crippen LogP contribution < -0.4 is 0 Å². The van der Waals surface area contributed by atoms with Gasteiger partial charge < -0.3 is 4.43 Å². The van der Waals surface area contributed by atoms with E-state index in [0.717, 1.165) is 19.4 Å². The summed E-state index contributed by atoms with van der Waals surface area (Å²) in [6, 6.07) is 4.84. The molecule has 0 aromatic heterocycles. The zero-order valence-electron chi connectivity index (χ0n) is 7.59. The van der Waals surface area contributed by atoms with E-state index in [0.29, 0.717) is 0 Å². The Kier molecular flexibility index (Phi) is 5.05. The van der Waals surface area contributed by atoms with Crippen molar-refractivity contribution in [3.8, 4) is 6.07 Å². The third-order valence-corrected chi connectivity index (χ3v) is 5.15. The van der Waals surface area contributed by atoms with Gasteiger partial charge in [0.05, 0.1) is 6.07 Å². The lowest BCUT2D eigenvalue weighted by molar-refractivity contribution is 0.285. The van der Waals surface area contributed by atoms with Gasteiger partial charge in [0.2, 0.25) is 0 Å². The Morgan fingerprint density at radius 3 is 2.92 bits per heavy atom. The smallest absolute Gasteiger partial charge is 0.176 e. The second kappa shape index (κ2) is 6.21. The Hall–Kier alpha value is -0.333. The predicted octanol–water partition coefficient (Wildman–Crippen LogP) is 2.21. The Balaban J connectivity index is 1.95. The average Bonchev–Trinajstić information content (AvgIpc) is 2.14. The van der Waals surface area contributed by atoms with Crippen LogP contribution in [0.4, 0.5) is 0 Å². The first kappa shape index (κ1) is 9.75. The van der Waals surface area contributed by atoms with E-state index in [2.05, 4.69) is 6.07 Å². The molecular weight excluding hydrogens is 166 g/mol. The van der Waals surface area contributed by atoms with Gasteiger partial charge in [0, 0.05) is 13.0 Å². The second-order valence-corrected chi connectivity index (χ2v) is 6.12. The van der Waals surface area contributed by atoms with Crippen molar-refractivity contribution in [3.05, 3.63) is 0 Å². The van der Waals surface area contributed by atoms with Crippen molar-refractivity contribution in [2.24, 2.45) is 0 Å². The molecule has 0 spiro atoms. The van der Waals surface area contributed by atoms with Crippen LogP contribution in [-0.2, 0) is 4.43 Å². The van der Waals surface area contributed by atoms with E-state index < -0.39 is 9.04 Å². The molecule has 1 unspecified atom stereocenters. The van der Waals surface area contributed by atoms with Crippen molar-refractivity contribution in [2.45, 2.75) is 44.2 Å². The minimum absolute atomic E-state index is 0.723. The summed E-state index contributed by atoms with van der Waals surface area (Å²) >= 11 is 0. The minimum Gasteiger partial charge on any atom is -0.420 e. The first-order chi connectivity index (χ1) is 5.93. The lowest BCUT2D eigenvalue weighted by Crippen LogP contribution is -2.22. The topological polar surface area (TPSA) is 33.0 Å². The van der Waals surface area contributed by atoms with Gasteiger partial charge >= 0.3 is 0 Å². The molecule has 68 valence electrons. The molecule has 0 radical (unpaired) electrons. The fraction of sp³-hybridized carbons (Fsp3) is 0.889. The standard InChI is InChI=1S/C9H17NOSi/c10-6-2-1-4-8-12-9-5-3-7-11-12/h12H,1-5,7-9H2. The fourth-order valence-electron chi connectivity index (χ4n) is 1.61. The van der Waals surface area contributed by atoms with Crippen molar-refractivity contribution in [1.29, 1.82) is 5.26 Å². The highest BCUT2D eigenvalue weighted by atomic mass is 28.3. The molecule has 0 bridgehead atoms. The van der Waals surface area contributed by atoms with E-state index >= 15 is 0 Å². The number of rotatable bonds is 4. The second-order valence-electron chi connectivity index (χ2n) is 3.39. The maximum atomic E-state index is 8.33. The number of nitriles is 1. The summed E-state index contributed by atoms with van der Waals surface area (Å²) in [5.41, 5.74) is 0. The number of unbranched alkanes of at least 4 members (excludes halogenated alkanes) is 2. The molecule has 3 heteroatoms. The van der Waals surface area contributed by atoms with Gasteiger partial charge in [0.25, 0.3) is 0 Å². The van der Waals surface area contributed by atoms with Gasteiger partial charge in [-0.1, -0.05) is 12.8 Å². The van der Waals surface area contributed by atoms with E-state index in [9.17, 15) is 0 Å². The van der Waals surface area contributed by atoms with Gasteiger partial charge in [-0.15, -0.1) is 0 Å². The third kappa shape index (κ3) is 3.89. The van der Waals surface area contributed by atoms with Crippen LogP contribution in [0.2, 0.25) is 12.1 Å². The highest BCUT2D eigenvalue weighted by molar-refractivity contribution is 6.51. The van der Waals surface area contributed by atoms with Crippen molar-refractivity contribution in [3.63, 3.8) is 0 Å². The summed E-state index contributed by atoms with van der Waals surface area (Å²) in [4.78, 5) is 0. The SMILES string of the molecule is N#CCCCC[SiH]1CCCCO1. The summed E-state index contributed by atoms with van der Waals surface area (Å²) in [7, 11) is -0.778. The molecule has 1 saturated heterocycles. The normalized spacial score (nSPS) is 23.4. The summed E-state index contributed by atoms with van der Waals surface area (Å²) in [5.74, 6) is 0. The molecule has 1 rings (SSSR count). The summed E-state index contributed by atoms with van der Waals surface area (Å²) in [5, 5.41) is 8.33. The van der Waals surface area contributed by atoms with Crippen LogP contribution in [-0.4, -0.2) is 15.6 Å². The molecule has 0 aliphatic carbocycles. The molecule has 1 atom stereocenters. The lowest BCUT2D eigenvalue weighted by atomic mass is 10.3. The first-order valence-electron chi connectivity index (χ1n) is 4.92. The van der Waals surface area contributed by atoms with Gasteiger partial charge in [-0.25, -0.2) is 0 Å². The first-order valence-corrected chi connectivity index (χ1v) is 7.02. The van der Waals surface area contributed by atoms with E-state index in [-0.39, 0.29) is 0 Å². The maximum absolute atomic E-state index is 8.33. The molecule has 0 aromatic rings. The maximum Gasteiger partial charge on any atom is 0.176 e. The van der Waals surface area contributed by atoms with E-state index in [4.69, 9.17) is 9.69 Å². The van der Waals surface area contributed by atoms with Gasteiger partial charge in [-0.3, -0.25) is 0 Å². The number of hydrogen-bond acceptors (Lipinski definition) is 2. The molecule has 0 amide bonds. The van der Waals surface area contributed by atoms with Gasteiger partial charge in [0.15, 0.2) is 9.04 Å². The largest absolute Gasteiger partial charge is 0.420 e. The predicted molar refractivity (Wildman–Crippen MR) is 51.4 cm³/mol. The summed E-state index contributed by atoms with van der Waals surface area (Å²) in [6.45, 7) is 1.01.